The van der Waals surface area contributed by atoms with E-state index in [9.17, 15) is 14.7 Å². The molecule has 5 rings (SSSR count). The molecule has 0 aliphatic carbocycles. The second kappa shape index (κ2) is 8.37. The summed E-state index contributed by atoms with van der Waals surface area (Å²) >= 11 is 0. The predicted octanol–water partition coefficient (Wildman–Crippen LogP) is 0.730. The third kappa shape index (κ3) is 3.50. The molecule has 4 heterocycles. The van der Waals surface area contributed by atoms with Crippen LogP contribution in [-0.4, -0.2) is 89.8 Å². The topological polar surface area (TPSA) is 86.2 Å². The number of carbonyl (C=O) groups excluding carboxylic acids is 2. The van der Waals surface area contributed by atoms with Gasteiger partial charge in [-0.05, 0) is 23.8 Å². The van der Waals surface area contributed by atoms with E-state index in [0.717, 1.165) is 24.3 Å². The van der Waals surface area contributed by atoms with Crippen molar-refractivity contribution in [1.82, 2.24) is 14.8 Å². The van der Waals surface area contributed by atoms with E-state index >= 15 is 0 Å². The standard InChI is InChI=1S/C23H26N4O4/c28-15-20-22-17-3-1-2-4-18(17)26(23(30)16-5-7-24-8-6-16)13-19(22)27(20)21(29)14-25-9-11-31-12-10-25/h1-8,19-20,22,28H,9-15H2/t19-,20+,22+/m1/s1. The number of pyridine rings is 1. The number of para-hydroxylation sites is 1. The van der Waals surface area contributed by atoms with E-state index in [4.69, 9.17) is 4.74 Å². The molecule has 3 aliphatic rings. The molecule has 0 radical (unpaired) electrons. The molecule has 0 saturated carbocycles. The van der Waals surface area contributed by atoms with E-state index in [2.05, 4.69) is 9.88 Å². The van der Waals surface area contributed by atoms with Crippen LogP contribution < -0.4 is 4.90 Å². The number of aliphatic hydroxyl groups excluding tert-OH is 1. The first-order valence-corrected chi connectivity index (χ1v) is 10.7. The maximum Gasteiger partial charge on any atom is 0.258 e. The van der Waals surface area contributed by atoms with Crippen LogP contribution in [0.15, 0.2) is 48.8 Å². The van der Waals surface area contributed by atoms with E-state index in [1.165, 1.54) is 0 Å². The monoisotopic (exact) mass is 422 g/mol. The Balaban J connectivity index is 1.43. The summed E-state index contributed by atoms with van der Waals surface area (Å²) in [4.78, 5) is 36.1. The van der Waals surface area contributed by atoms with Crippen LogP contribution >= 0.6 is 0 Å². The summed E-state index contributed by atoms with van der Waals surface area (Å²) in [5, 5.41) is 10.1. The van der Waals surface area contributed by atoms with Crippen LogP contribution in [0.25, 0.3) is 0 Å². The number of amides is 2. The zero-order valence-corrected chi connectivity index (χ0v) is 17.3. The second-order valence-corrected chi connectivity index (χ2v) is 8.24. The molecule has 2 aromatic rings. The highest BCUT2D eigenvalue weighted by Gasteiger charge is 2.55. The second-order valence-electron chi connectivity index (χ2n) is 8.24. The van der Waals surface area contributed by atoms with E-state index in [0.29, 0.717) is 31.9 Å². The highest BCUT2D eigenvalue weighted by atomic mass is 16.5. The average molecular weight is 422 g/mol. The molecule has 3 aliphatic heterocycles. The fraction of sp³-hybridized carbons (Fsp3) is 0.435. The number of ether oxygens (including phenoxy) is 1. The smallest absolute Gasteiger partial charge is 0.258 e. The lowest BCUT2D eigenvalue weighted by Gasteiger charge is -2.59. The Kier molecular flexibility index (Phi) is 5.43. The number of hydrogen-bond donors (Lipinski definition) is 1. The zero-order chi connectivity index (χ0) is 21.4. The fourth-order valence-electron chi connectivity index (χ4n) is 5.11. The third-order valence-corrected chi connectivity index (χ3v) is 6.61. The van der Waals surface area contributed by atoms with Crippen molar-refractivity contribution >= 4 is 17.5 Å². The third-order valence-electron chi connectivity index (χ3n) is 6.61. The molecular formula is C23H26N4O4. The Bertz CT molecular complexity index is 963. The van der Waals surface area contributed by atoms with Crippen LogP contribution in [-0.2, 0) is 9.53 Å². The number of benzene rings is 1. The molecule has 1 aromatic carbocycles. The summed E-state index contributed by atoms with van der Waals surface area (Å²) < 4.78 is 5.38. The number of rotatable bonds is 4. The van der Waals surface area contributed by atoms with Gasteiger partial charge in [-0.1, -0.05) is 18.2 Å². The van der Waals surface area contributed by atoms with Gasteiger partial charge in [0.1, 0.15) is 0 Å². The summed E-state index contributed by atoms with van der Waals surface area (Å²) in [5.41, 5.74) is 2.42. The Labute approximate surface area is 181 Å². The summed E-state index contributed by atoms with van der Waals surface area (Å²) in [6, 6.07) is 10.8. The van der Waals surface area contributed by atoms with Crippen LogP contribution in [0.1, 0.15) is 21.8 Å². The number of aromatic nitrogens is 1. The SMILES string of the molecule is O=C(c1ccncc1)N1C[C@@H]2[C@H](c3ccccc31)[C@H](CO)N2C(=O)CN1CCOCC1. The number of anilines is 1. The van der Waals surface area contributed by atoms with Crippen LogP contribution in [0.2, 0.25) is 0 Å². The van der Waals surface area contributed by atoms with Gasteiger partial charge >= 0.3 is 0 Å². The van der Waals surface area contributed by atoms with Crippen molar-refractivity contribution in [3.05, 3.63) is 59.9 Å². The highest BCUT2D eigenvalue weighted by molar-refractivity contribution is 6.07. The molecule has 8 nitrogen and oxygen atoms in total. The number of carbonyl (C=O) groups is 2. The van der Waals surface area contributed by atoms with Gasteiger partial charge in [-0.25, -0.2) is 0 Å². The molecule has 1 aromatic heterocycles. The number of nitrogens with zero attached hydrogens (tertiary/aromatic N) is 4. The molecule has 2 fully saturated rings. The van der Waals surface area contributed by atoms with Gasteiger partial charge in [0, 0.05) is 49.2 Å². The van der Waals surface area contributed by atoms with E-state index in [1.54, 1.807) is 34.3 Å². The largest absolute Gasteiger partial charge is 0.394 e. The Morgan fingerprint density at radius 2 is 1.84 bits per heavy atom. The number of fused-ring (bicyclic) bond motifs is 3. The molecule has 1 N–H and O–H groups in total. The van der Waals surface area contributed by atoms with Crippen molar-refractivity contribution in [2.75, 3.05) is 50.9 Å². The maximum absolute atomic E-state index is 13.3. The summed E-state index contributed by atoms with van der Waals surface area (Å²) in [6.07, 6.45) is 3.21. The molecule has 3 atom stereocenters. The molecule has 162 valence electrons. The number of likely N-dealkylation sites (tertiary alicyclic amines) is 1. The number of aliphatic hydroxyl groups is 1. The minimum absolute atomic E-state index is 0.00195. The van der Waals surface area contributed by atoms with Crippen LogP contribution in [0, 0.1) is 0 Å². The summed E-state index contributed by atoms with van der Waals surface area (Å²) in [6.45, 7) is 3.34. The molecule has 31 heavy (non-hydrogen) atoms. The van der Waals surface area contributed by atoms with Crippen molar-refractivity contribution in [2.45, 2.75) is 18.0 Å². The van der Waals surface area contributed by atoms with Crippen LogP contribution in [0.3, 0.4) is 0 Å². The van der Waals surface area contributed by atoms with Crippen molar-refractivity contribution < 1.29 is 19.4 Å². The quantitative estimate of drug-likeness (QED) is 0.782. The molecule has 0 unspecified atom stereocenters. The molecule has 8 heteroatoms. The van der Waals surface area contributed by atoms with Crippen molar-refractivity contribution in [2.24, 2.45) is 0 Å². The number of hydrogen-bond acceptors (Lipinski definition) is 6. The van der Waals surface area contributed by atoms with Gasteiger partial charge in [0.05, 0.1) is 38.4 Å². The number of morpholine rings is 1. The van der Waals surface area contributed by atoms with E-state index in [-0.39, 0.29) is 36.4 Å². The summed E-state index contributed by atoms with van der Waals surface area (Å²) in [7, 11) is 0. The molecular weight excluding hydrogens is 396 g/mol. The van der Waals surface area contributed by atoms with Gasteiger partial charge in [-0.15, -0.1) is 0 Å². The van der Waals surface area contributed by atoms with Crippen molar-refractivity contribution in [3.63, 3.8) is 0 Å². The first kappa shape index (κ1) is 20.1. The lowest BCUT2D eigenvalue weighted by Crippen LogP contribution is -2.71. The first-order valence-electron chi connectivity index (χ1n) is 10.7. The van der Waals surface area contributed by atoms with Gasteiger partial charge < -0.3 is 19.6 Å². The lowest BCUT2D eigenvalue weighted by atomic mass is 9.71. The minimum Gasteiger partial charge on any atom is -0.394 e. The Morgan fingerprint density at radius 3 is 2.58 bits per heavy atom. The maximum atomic E-state index is 13.3. The zero-order valence-electron chi connectivity index (χ0n) is 17.3. The van der Waals surface area contributed by atoms with Gasteiger partial charge in [-0.3, -0.25) is 19.5 Å². The summed E-state index contributed by atoms with van der Waals surface area (Å²) in [5.74, 6) is -0.0875. The van der Waals surface area contributed by atoms with E-state index in [1.807, 2.05) is 24.3 Å². The molecule has 2 amide bonds. The predicted molar refractivity (Wildman–Crippen MR) is 114 cm³/mol. The van der Waals surface area contributed by atoms with E-state index < -0.39 is 0 Å². The minimum atomic E-state index is -0.266. The van der Waals surface area contributed by atoms with Gasteiger partial charge in [0.2, 0.25) is 5.91 Å². The lowest BCUT2D eigenvalue weighted by molar-refractivity contribution is -0.152. The molecule has 0 bridgehead atoms. The van der Waals surface area contributed by atoms with Gasteiger partial charge in [0.15, 0.2) is 0 Å². The highest BCUT2D eigenvalue weighted by Crippen LogP contribution is 2.48. The van der Waals surface area contributed by atoms with Crippen molar-refractivity contribution in [1.29, 1.82) is 0 Å². The van der Waals surface area contributed by atoms with Crippen LogP contribution in [0.4, 0.5) is 5.69 Å². The molecule has 0 spiro atoms. The van der Waals surface area contributed by atoms with Crippen molar-refractivity contribution in [3.8, 4) is 0 Å². The van der Waals surface area contributed by atoms with Gasteiger partial charge in [-0.2, -0.15) is 0 Å². The molecule has 2 saturated heterocycles. The first-order chi connectivity index (χ1) is 15.2. The Morgan fingerprint density at radius 1 is 1.10 bits per heavy atom. The van der Waals surface area contributed by atoms with Crippen LogP contribution in [0.5, 0.6) is 0 Å². The fourth-order valence-corrected chi connectivity index (χ4v) is 5.11. The van der Waals surface area contributed by atoms with Gasteiger partial charge in [0.25, 0.3) is 5.91 Å². The Hall–Kier alpha value is -2.81. The average Bonchev–Trinajstić information content (AvgIpc) is 2.80. The normalized spacial score (nSPS) is 25.4.